The van der Waals surface area contributed by atoms with Crippen LogP contribution in [0.4, 0.5) is 0 Å². The van der Waals surface area contributed by atoms with E-state index < -0.39 is 0 Å². The van der Waals surface area contributed by atoms with Gasteiger partial charge in [-0.2, -0.15) is 0 Å². The Labute approximate surface area is 207 Å². The third kappa shape index (κ3) is 5.97. The van der Waals surface area contributed by atoms with Crippen molar-refractivity contribution < 1.29 is 0 Å². The monoisotopic (exact) mass is 459 g/mol. The third-order valence-electron chi connectivity index (χ3n) is 8.33. The predicted octanol–water partition coefficient (Wildman–Crippen LogP) is 7.89. The van der Waals surface area contributed by atoms with E-state index in [2.05, 4.69) is 63.5 Å². The van der Waals surface area contributed by atoms with Gasteiger partial charge in [0.2, 0.25) is 0 Å². The van der Waals surface area contributed by atoms with Crippen molar-refractivity contribution in [2.75, 3.05) is 6.54 Å². The highest BCUT2D eigenvalue weighted by Crippen LogP contribution is 2.46. The van der Waals surface area contributed by atoms with Crippen molar-refractivity contribution in [2.24, 2.45) is 16.8 Å². The molecule has 0 saturated heterocycles. The second-order valence-electron chi connectivity index (χ2n) is 11.3. The summed E-state index contributed by atoms with van der Waals surface area (Å²) in [5.74, 6) is 1.86. The fourth-order valence-electron chi connectivity index (χ4n) is 6.26. The van der Waals surface area contributed by atoms with Crippen LogP contribution in [-0.2, 0) is 0 Å². The number of allylic oxidation sites excluding steroid dienone is 3. The lowest BCUT2D eigenvalue weighted by atomic mass is 9.71. The normalized spacial score (nSPS) is 29.4. The number of fused-ring (bicyclic) bond motifs is 1. The van der Waals surface area contributed by atoms with Crippen LogP contribution in [0, 0.1) is 24.2 Å². The van der Waals surface area contributed by atoms with Crippen LogP contribution in [0.3, 0.4) is 0 Å². The summed E-state index contributed by atoms with van der Waals surface area (Å²) >= 11 is 0. The summed E-state index contributed by atoms with van der Waals surface area (Å²) in [7, 11) is 0. The molecular weight excluding hydrogens is 414 g/mol. The molecule has 2 N–H and O–H groups in total. The first-order valence-electron chi connectivity index (χ1n) is 13.8. The van der Waals surface area contributed by atoms with E-state index in [4.69, 9.17) is 4.99 Å². The van der Waals surface area contributed by atoms with Crippen LogP contribution < -0.4 is 5.32 Å². The molecule has 0 bridgehead atoms. The summed E-state index contributed by atoms with van der Waals surface area (Å²) < 4.78 is 0. The van der Waals surface area contributed by atoms with Crippen molar-refractivity contribution in [3.8, 4) is 0 Å². The molecule has 1 fully saturated rings. The fourth-order valence-corrected chi connectivity index (χ4v) is 6.26. The topological polar surface area (TPSA) is 48.2 Å². The maximum absolute atomic E-state index is 9.40. The molecule has 1 heterocycles. The standard InChI is InChI=1S/C31H45N3/c1-21(2)33-19-24-11-7-5-10-14-30(34-20-24)29-18-27(25-12-8-6-9-13-25)23(4)26-16-15-22(3)17-28(26)31(29)32/h11,15-17,20-21,23,25,27,32-33H,5-10,12-14,18-19H2,1-4H3/b24-11-,30-29+,32-31?,34-20-. The number of hydrogen-bond donors (Lipinski definition) is 2. The summed E-state index contributed by atoms with van der Waals surface area (Å²) in [5, 5.41) is 13.0. The van der Waals surface area contributed by atoms with Gasteiger partial charge >= 0.3 is 0 Å². The van der Waals surface area contributed by atoms with Crippen LogP contribution >= 0.6 is 0 Å². The highest BCUT2D eigenvalue weighted by molar-refractivity contribution is 6.12. The molecule has 3 aliphatic rings. The molecule has 4 rings (SSSR count). The molecule has 0 amide bonds. The highest BCUT2D eigenvalue weighted by Gasteiger charge is 2.35. The summed E-state index contributed by atoms with van der Waals surface area (Å²) in [5.41, 5.74) is 8.20. The predicted molar refractivity (Wildman–Crippen MR) is 146 cm³/mol. The summed E-state index contributed by atoms with van der Waals surface area (Å²) in [6.45, 7) is 9.84. The molecule has 2 unspecified atom stereocenters. The SMILES string of the molecule is Cc1ccc2c(c1)C(=N)/C(=C1CCCC\C=C(CNC(C)C)/C=N\1)CC(C1CCCCC1)C2C. The maximum atomic E-state index is 9.40. The van der Waals surface area contributed by atoms with Gasteiger partial charge in [0.1, 0.15) is 0 Å². The van der Waals surface area contributed by atoms with Crippen LogP contribution in [0.2, 0.25) is 0 Å². The number of nitrogens with one attached hydrogen (secondary N) is 2. The number of benzene rings is 1. The van der Waals surface area contributed by atoms with Gasteiger partial charge in [0, 0.05) is 30.1 Å². The van der Waals surface area contributed by atoms with Crippen LogP contribution in [0.5, 0.6) is 0 Å². The van der Waals surface area contributed by atoms with Crippen LogP contribution in [-0.4, -0.2) is 24.5 Å². The van der Waals surface area contributed by atoms with Crippen LogP contribution in [0.25, 0.3) is 0 Å². The Morgan fingerprint density at radius 2 is 1.88 bits per heavy atom. The Hall–Kier alpha value is -2.00. The minimum Gasteiger partial charge on any atom is -0.310 e. The fraction of sp³-hybridized carbons (Fsp3) is 0.613. The quantitative estimate of drug-likeness (QED) is 0.442. The molecule has 184 valence electrons. The molecule has 34 heavy (non-hydrogen) atoms. The van der Waals surface area contributed by atoms with E-state index in [-0.39, 0.29) is 0 Å². The first-order chi connectivity index (χ1) is 16.4. The van der Waals surface area contributed by atoms with E-state index in [0.717, 1.165) is 49.4 Å². The molecule has 1 aliphatic heterocycles. The summed E-state index contributed by atoms with van der Waals surface area (Å²) in [6, 6.07) is 7.29. The third-order valence-corrected chi connectivity index (χ3v) is 8.33. The first-order valence-corrected chi connectivity index (χ1v) is 13.8. The summed E-state index contributed by atoms with van der Waals surface area (Å²) in [6.07, 6.45) is 16.7. The van der Waals surface area contributed by atoms with E-state index in [1.165, 1.54) is 66.5 Å². The van der Waals surface area contributed by atoms with Gasteiger partial charge in [-0.25, -0.2) is 0 Å². The van der Waals surface area contributed by atoms with Gasteiger partial charge in [-0.1, -0.05) is 76.6 Å². The summed E-state index contributed by atoms with van der Waals surface area (Å²) in [4.78, 5) is 5.12. The van der Waals surface area contributed by atoms with Crippen molar-refractivity contribution in [3.05, 3.63) is 57.8 Å². The second-order valence-corrected chi connectivity index (χ2v) is 11.3. The Bertz CT molecular complexity index is 959. The maximum Gasteiger partial charge on any atom is 0.0665 e. The average molecular weight is 460 g/mol. The molecule has 0 aromatic heterocycles. The van der Waals surface area contributed by atoms with E-state index in [0.29, 0.717) is 17.9 Å². The lowest BCUT2D eigenvalue weighted by Gasteiger charge is -2.34. The minimum atomic E-state index is 0.465. The highest BCUT2D eigenvalue weighted by atomic mass is 14.9. The molecule has 1 aromatic carbocycles. The Kier molecular flexibility index (Phi) is 8.58. The number of nitrogens with zero attached hydrogens (tertiary/aromatic N) is 1. The van der Waals surface area contributed by atoms with E-state index in [1.54, 1.807) is 0 Å². The van der Waals surface area contributed by atoms with Gasteiger partial charge in [-0.3, -0.25) is 10.4 Å². The van der Waals surface area contributed by atoms with Gasteiger partial charge in [-0.05, 0) is 79.6 Å². The molecule has 2 atom stereocenters. The average Bonchev–Trinajstić information content (AvgIpc) is 2.90. The van der Waals surface area contributed by atoms with Gasteiger partial charge in [0.05, 0.1) is 5.71 Å². The van der Waals surface area contributed by atoms with Crippen molar-refractivity contribution >= 4 is 11.9 Å². The van der Waals surface area contributed by atoms with Crippen molar-refractivity contribution in [2.45, 2.75) is 104 Å². The molecule has 0 radical (unpaired) electrons. The van der Waals surface area contributed by atoms with Gasteiger partial charge in [0.15, 0.2) is 0 Å². The Morgan fingerprint density at radius 1 is 1.09 bits per heavy atom. The Balaban J connectivity index is 1.75. The number of aryl methyl sites for hydroxylation is 1. The molecule has 0 spiro atoms. The lowest BCUT2D eigenvalue weighted by Crippen LogP contribution is -2.25. The molecular formula is C31H45N3. The van der Waals surface area contributed by atoms with Crippen molar-refractivity contribution in [3.63, 3.8) is 0 Å². The van der Waals surface area contributed by atoms with E-state index in [1.807, 2.05) is 0 Å². The zero-order valence-corrected chi connectivity index (χ0v) is 21.9. The zero-order chi connectivity index (χ0) is 24.1. The smallest absolute Gasteiger partial charge is 0.0665 e. The second kappa shape index (κ2) is 11.6. The first kappa shape index (κ1) is 25.1. The van der Waals surface area contributed by atoms with Gasteiger partial charge in [0.25, 0.3) is 0 Å². The molecule has 2 aliphatic carbocycles. The largest absolute Gasteiger partial charge is 0.310 e. The van der Waals surface area contributed by atoms with Crippen LogP contribution in [0.15, 0.2) is 46.1 Å². The molecule has 3 nitrogen and oxygen atoms in total. The lowest BCUT2D eigenvalue weighted by molar-refractivity contribution is 0.221. The number of hydrogen-bond acceptors (Lipinski definition) is 3. The van der Waals surface area contributed by atoms with E-state index in [9.17, 15) is 5.41 Å². The zero-order valence-electron chi connectivity index (χ0n) is 21.9. The molecule has 3 heteroatoms. The van der Waals surface area contributed by atoms with E-state index >= 15 is 0 Å². The van der Waals surface area contributed by atoms with Crippen molar-refractivity contribution in [1.82, 2.24) is 5.32 Å². The van der Waals surface area contributed by atoms with Crippen molar-refractivity contribution in [1.29, 1.82) is 5.41 Å². The van der Waals surface area contributed by atoms with Crippen LogP contribution in [0.1, 0.15) is 108 Å². The Morgan fingerprint density at radius 3 is 2.65 bits per heavy atom. The number of aliphatic imine (C=N–C) groups is 1. The van der Waals surface area contributed by atoms with Gasteiger partial charge in [-0.15, -0.1) is 0 Å². The molecule has 1 aromatic rings. The number of rotatable bonds is 4. The molecule has 1 saturated carbocycles. The van der Waals surface area contributed by atoms with Gasteiger partial charge < -0.3 is 5.32 Å². The minimum absolute atomic E-state index is 0.465.